The number of nitrogens with zero attached hydrogens (tertiary/aromatic N) is 3. The van der Waals surface area contributed by atoms with Crippen molar-refractivity contribution in [2.75, 3.05) is 30.5 Å². The van der Waals surface area contributed by atoms with Crippen LogP contribution in [0, 0.1) is 17.8 Å². The molecule has 5 aliphatic rings. The Morgan fingerprint density at radius 1 is 1.05 bits per heavy atom. The number of aromatic nitrogens is 2. The largest absolute Gasteiger partial charge is 0.573 e. The van der Waals surface area contributed by atoms with Crippen LogP contribution in [0.5, 0.6) is 5.75 Å². The predicted octanol–water partition coefficient (Wildman–Crippen LogP) is 6.57. The lowest BCUT2D eigenvalue weighted by Crippen LogP contribution is -2.34. The van der Waals surface area contributed by atoms with E-state index >= 15 is 0 Å². The van der Waals surface area contributed by atoms with Gasteiger partial charge in [-0.25, -0.2) is 4.98 Å². The van der Waals surface area contributed by atoms with Gasteiger partial charge in [0.25, 0.3) is 0 Å². The Kier molecular flexibility index (Phi) is 6.34. The van der Waals surface area contributed by atoms with Crippen molar-refractivity contribution in [1.82, 2.24) is 14.9 Å². The van der Waals surface area contributed by atoms with E-state index in [1.165, 1.54) is 56.1 Å². The number of nitrogens with one attached hydrogen (secondary N) is 2. The zero-order valence-electron chi connectivity index (χ0n) is 22.6. The van der Waals surface area contributed by atoms with Crippen LogP contribution in [0.1, 0.15) is 24.0 Å². The van der Waals surface area contributed by atoms with E-state index in [2.05, 4.69) is 42.4 Å². The monoisotopic (exact) mass is 603 g/mol. The first-order valence-electron chi connectivity index (χ1n) is 13.8. The average Bonchev–Trinajstić information content (AvgIpc) is 3.74. The summed E-state index contributed by atoms with van der Waals surface area (Å²) >= 11 is 6.37. The van der Waals surface area contributed by atoms with E-state index < -0.39 is 19.3 Å². The summed E-state index contributed by atoms with van der Waals surface area (Å²) < 4.78 is 55.2. The number of ether oxygens (including phenoxy) is 1. The van der Waals surface area contributed by atoms with Crippen LogP contribution in [0.3, 0.4) is 0 Å². The average molecular weight is 604 g/mol. The van der Waals surface area contributed by atoms with Crippen molar-refractivity contribution in [3.8, 4) is 5.75 Å². The molecule has 3 heterocycles. The zero-order valence-corrected chi connectivity index (χ0v) is 24.2. The molecule has 0 radical (unpaired) electrons. The van der Waals surface area contributed by atoms with Gasteiger partial charge in [0.15, 0.2) is 5.82 Å². The number of hydrogen-bond acceptors (Lipinski definition) is 7. The van der Waals surface area contributed by atoms with Gasteiger partial charge in [-0.3, -0.25) is 4.90 Å². The van der Waals surface area contributed by atoms with Gasteiger partial charge in [0.2, 0.25) is 5.95 Å². The number of anilines is 4. The Hall–Kier alpha value is -2.81. The second-order valence-corrected chi connectivity index (χ2v) is 15.5. The van der Waals surface area contributed by atoms with Crippen molar-refractivity contribution in [2.45, 2.75) is 44.1 Å². The van der Waals surface area contributed by atoms with Crippen LogP contribution in [0.25, 0.3) is 0 Å². The maximum atomic E-state index is 12.9. The Balaban J connectivity index is 1.07. The molecule has 216 valence electrons. The minimum absolute atomic E-state index is 0.181. The number of alkyl halides is 3. The third kappa shape index (κ3) is 5.30. The molecule has 3 atom stereocenters. The van der Waals surface area contributed by atoms with Gasteiger partial charge >= 0.3 is 6.36 Å². The molecule has 2 aliphatic heterocycles. The van der Waals surface area contributed by atoms with Gasteiger partial charge in [0.1, 0.15) is 17.9 Å². The fourth-order valence-electron chi connectivity index (χ4n) is 6.91. The molecule has 4 fully saturated rings. The van der Waals surface area contributed by atoms with Crippen LogP contribution in [-0.2, 0) is 17.4 Å². The van der Waals surface area contributed by atoms with Crippen molar-refractivity contribution in [3.63, 3.8) is 0 Å². The van der Waals surface area contributed by atoms with E-state index in [9.17, 15) is 17.7 Å². The standard InChI is InChI=1S/C29H30ClF3N5O2P/c1-41(2,39)23-12-19(40-29(31,32)33)9-10-22(23)36-27-21(30)13-34-28(37-27)35-17-6-3-15-4-7-18(8-5-16(15)11-17)38-14-20-24-25(20)26(24)38/h3,6,9-13,18,20,24-26H,4-5,7-8,14H2,1-2H3,(H2,34,35,36,37)/t18?,20-,24?,25?,26-. The molecule has 2 saturated carbocycles. The number of rotatable bonds is 7. The van der Waals surface area contributed by atoms with Gasteiger partial charge in [-0.2, -0.15) is 4.98 Å². The van der Waals surface area contributed by atoms with Crippen LogP contribution in [0.15, 0.2) is 42.6 Å². The van der Waals surface area contributed by atoms with Crippen molar-refractivity contribution >= 4 is 47.2 Å². The lowest BCUT2D eigenvalue weighted by atomic mass is 10.0. The van der Waals surface area contributed by atoms with Gasteiger partial charge in [-0.15, -0.1) is 13.2 Å². The molecule has 12 heteroatoms. The molecular weight excluding hydrogens is 574 g/mol. The summed E-state index contributed by atoms with van der Waals surface area (Å²) in [4.78, 5) is 11.6. The third-order valence-electron chi connectivity index (χ3n) is 8.95. The number of fused-ring (bicyclic) bond motifs is 2. The third-order valence-corrected chi connectivity index (χ3v) is 10.8. The molecule has 0 spiro atoms. The normalized spacial score (nSPS) is 26.5. The van der Waals surface area contributed by atoms with Crippen molar-refractivity contribution < 1.29 is 22.5 Å². The van der Waals surface area contributed by atoms with Gasteiger partial charge in [-0.1, -0.05) is 17.7 Å². The van der Waals surface area contributed by atoms with E-state index in [4.69, 9.17) is 11.6 Å². The van der Waals surface area contributed by atoms with E-state index in [0.717, 1.165) is 54.5 Å². The highest BCUT2D eigenvalue weighted by Gasteiger charge is 2.80. The first kappa shape index (κ1) is 27.0. The maximum absolute atomic E-state index is 12.9. The lowest BCUT2D eigenvalue weighted by Gasteiger charge is -2.26. The molecule has 8 rings (SSSR count). The van der Waals surface area contributed by atoms with Gasteiger partial charge < -0.3 is 19.9 Å². The Morgan fingerprint density at radius 2 is 1.80 bits per heavy atom. The smallest absolute Gasteiger partial charge is 0.406 e. The van der Waals surface area contributed by atoms with Crippen molar-refractivity contribution in [1.29, 1.82) is 0 Å². The molecule has 0 amide bonds. The van der Waals surface area contributed by atoms with E-state index in [0.29, 0.717) is 17.7 Å². The van der Waals surface area contributed by atoms with Crippen LogP contribution >= 0.6 is 18.7 Å². The molecule has 3 aromatic rings. The first-order valence-corrected chi connectivity index (χ1v) is 16.8. The van der Waals surface area contributed by atoms with Crippen LogP contribution in [-0.4, -0.2) is 53.2 Å². The van der Waals surface area contributed by atoms with E-state index in [1.807, 2.05) is 6.07 Å². The molecule has 2 aromatic carbocycles. The Bertz CT molecular complexity index is 1560. The van der Waals surface area contributed by atoms with Gasteiger partial charge in [0.05, 0.1) is 11.9 Å². The molecule has 1 aromatic heterocycles. The SMILES string of the molecule is CP(C)(=O)c1cc(OC(F)(F)F)ccc1Nc1nc(Nc2ccc3c(c2)CCC(N2C[C@H]4C5C4[C@H]52)CC3)ncc1Cl. The van der Waals surface area contributed by atoms with Gasteiger partial charge in [-0.05, 0) is 98.2 Å². The van der Waals surface area contributed by atoms with Crippen LogP contribution in [0.4, 0.5) is 36.3 Å². The summed E-state index contributed by atoms with van der Waals surface area (Å²) in [6.45, 7) is 4.24. The summed E-state index contributed by atoms with van der Waals surface area (Å²) in [5, 5.41) is 6.67. The summed E-state index contributed by atoms with van der Waals surface area (Å²) in [6, 6.07) is 11.6. The molecule has 2 N–H and O–H groups in total. The summed E-state index contributed by atoms with van der Waals surface area (Å²) in [5.74, 6) is 3.13. The zero-order chi connectivity index (χ0) is 28.7. The van der Waals surface area contributed by atoms with Crippen LogP contribution < -0.4 is 20.7 Å². The summed E-state index contributed by atoms with van der Waals surface area (Å²) in [7, 11) is -3.01. The minimum Gasteiger partial charge on any atom is -0.406 e. The molecule has 41 heavy (non-hydrogen) atoms. The lowest BCUT2D eigenvalue weighted by molar-refractivity contribution is -0.274. The highest BCUT2D eigenvalue weighted by molar-refractivity contribution is 7.70. The quantitative estimate of drug-likeness (QED) is 0.234. The maximum Gasteiger partial charge on any atom is 0.573 e. The van der Waals surface area contributed by atoms with E-state index in [1.54, 1.807) is 0 Å². The molecule has 3 aliphatic carbocycles. The molecule has 7 nitrogen and oxygen atoms in total. The fourth-order valence-corrected chi connectivity index (χ4v) is 8.19. The number of halogens is 4. The van der Waals surface area contributed by atoms with Gasteiger partial charge in [0, 0.05) is 29.6 Å². The van der Waals surface area contributed by atoms with Crippen LogP contribution in [0.2, 0.25) is 5.02 Å². The second kappa shape index (κ2) is 9.61. The van der Waals surface area contributed by atoms with Crippen molar-refractivity contribution in [2.24, 2.45) is 17.8 Å². The Labute approximate surface area is 241 Å². The van der Waals surface area contributed by atoms with E-state index in [-0.39, 0.29) is 16.1 Å². The second-order valence-electron chi connectivity index (χ2n) is 11.9. The number of aryl methyl sites for hydroxylation is 2. The molecule has 3 unspecified atom stereocenters. The Morgan fingerprint density at radius 3 is 2.49 bits per heavy atom. The summed E-state index contributed by atoms with van der Waals surface area (Å²) in [6.07, 6.45) is 1.10. The first-order chi connectivity index (χ1) is 19.4. The molecule has 2 bridgehead atoms. The highest BCUT2D eigenvalue weighted by atomic mass is 35.5. The molecular formula is C29H30ClF3N5O2P. The highest BCUT2D eigenvalue weighted by Crippen LogP contribution is 2.76. The number of hydrogen-bond donors (Lipinski definition) is 2. The number of piperidine rings is 1. The topological polar surface area (TPSA) is 79.4 Å². The number of benzene rings is 2. The minimum atomic E-state index is -4.86. The van der Waals surface area contributed by atoms with Crippen molar-refractivity contribution in [3.05, 3.63) is 58.7 Å². The summed E-state index contributed by atoms with van der Waals surface area (Å²) in [5.41, 5.74) is 3.92. The fraction of sp³-hybridized carbons (Fsp3) is 0.448. The predicted molar refractivity (Wildman–Crippen MR) is 154 cm³/mol. The molecule has 2 saturated heterocycles.